The number of hydrogen-bond donors (Lipinski definition) is 1. The van der Waals surface area contributed by atoms with Crippen molar-refractivity contribution in [2.24, 2.45) is 5.92 Å². The zero-order valence-electron chi connectivity index (χ0n) is 18.8. The third-order valence-electron chi connectivity index (χ3n) is 5.58. The Labute approximate surface area is 187 Å². The number of methoxy groups -OCH3 is 1. The predicted molar refractivity (Wildman–Crippen MR) is 127 cm³/mol. The topological polar surface area (TPSA) is 72.8 Å². The zero-order valence-corrected chi connectivity index (χ0v) is 18.8. The van der Waals surface area contributed by atoms with Crippen molar-refractivity contribution in [3.05, 3.63) is 64.4 Å². The highest BCUT2D eigenvalue weighted by Gasteiger charge is 2.24. The second-order valence-electron chi connectivity index (χ2n) is 8.34. The van der Waals surface area contributed by atoms with Gasteiger partial charge in [-0.05, 0) is 36.2 Å². The number of rotatable bonds is 6. The van der Waals surface area contributed by atoms with Gasteiger partial charge in [-0.3, -0.25) is 9.59 Å². The summed E-state index contributed by atoms with van der Waals surface area (Å²) in [4.78, 5) is 29.0. The van der Waals surface area contributed by atoms with Crippen molar-refractivity contribution in [2.45, 2.75) is 20.4 Å². The highest BCUT2D eigenvalue weighted by Crippen LogP contribution is 2.29. The molecule has 0 spiro atoms. The van der Waals surface area contributed by atoms with E-state index in [1.165, 1.54) is 7.11 Å². The van der Waals surface area contributed by atoms with Crippen molar-refractivity contribution in [1.82, 2.24) is 4.57 Å². The summed E-state index contributed by atoms with van der Waals surface area (Å²) in [6, 6.07) is 15.2. The normalized spacial score (nSPS) is 14.1. The largest absolute Gasteiger partial charge is 0.495 e. The van der Waals surface area contributed by atoms with Crippen molar-refractivity contribution < 1.29 is 14.3 Å². The summed E-state index contributed by atoms with van der Waals surface area (Å²) in [5, 5.41) is 3.65. The highest BCUT2D eigenvalue weighted by atomic mass is 16.5. The number of carbonyl (C=O) groups is 1. The van der Waals surface area contributed by atoms with E-state index in [1.807, 2.05) is 62.4 Å². The molecule has 1 aliphatic rings. The molecule has 1 saturated heterocycles. The summed E-state index contributed by atoms with van der Waals surface area (Å²) in [5.41, 5.74) is 2.06. The summed E-state index contributed by atoms with van der Waals surface area (Å²) in [7, 11) is 1.49. The lowest BCUT2D eigenvalue weighted by Gasteiger charge is -2.29. The smallest absolute Gasteiger partial charge is 0.267 e. The van der Waals surface area contributed by atoms with Gasteiger partial charge in [0, 0.05) is 36.4 Å². The van der Waals surface area contributed by atoms with E-state index in [1.54, 1.807) is 4.57 Å². The monoisotopic (exact) mass is 435 g/mol. The van der Waals surface area contributed by atoms with Gasteiger partial charge in [0.25, 0.3) is 11.5 Å². The molecule has 0 unspecified atom stereocenters. The summed E-state index contributed by atoms with van der Waals surface area (Å²) in [6.45, 7) is 7.56. The Morgan fingerprint density at radius 2 is 1.88 bits per heavy atom. The number of para-hydroxylation sites is 1. The maximum absolute atomic E-state index is 13.4. The fraction of sp³-hybridized carbons (Fsp3) is 0.360. The lowest BCUT2D eigenvalue weighted by Crippen LogP contribution is -2.36. The molecule has 4 rings (SSSR count). The third-order valence-corrected chi connectivity index (χ3v) is 5.58. The summed E-state index contributed by atoms with van der Waals surface area (Å²) in [6.07, 6.45) is 0. The van der Waals surface area contributed by atoms with Crippen molar-refractivity contribution in [3.8, 4) is 5.75 Å². The first kappa shape index (κ1) is 21.9. The summed E-state index contributed by atoms with van der Waals surface area (Å²) >= 11 is 0. The van der Waals surface area contributed by atoms with E-state index in [0.29, 0.717) is 31.2 Å². The Morgan fingerprint density at radius 3 is 2.59 bits per heavy atom. The highest BCUT2D eigenvalue weighted by molar-refractivity contribution is 6.09. The molecule has 7 heteroatoms. The van der Waals surface area contributed by atoms with Crippen molar-refractivity contribution in [3.63, 3.8) is 0 Å². The van der Waals surface area contributed by atoms with E-state index in [4.69, 9.17) is 9.47 Å². The molecular weight excluding hydrogens is 406 g/mol. The fourth-order valence-corrected chi connectivity index (χ4v) is 4.13. The molecule has 0 radical (unpaired) electrons. The summed E-state index contributed by atoms with van der Waals surface area (Å²) < 4.78 is 12.7. The van der Waals surface area contributed by atoms with Crippen LogP contribution < -0.4 is 20.5 Å². The maximum Gasteiger partial charge on any atom is 0.267 e. The maximum atomic E-state index is 13.4. The van der Waals surface area contributed by atoms with Gasteiger partial charge in [-0.15, -0.1) is 0 Å². The average Bonchev–Trinajstić information content (AvgIpc) is 2.81. The lowest BCUT2D eigenvalue weighted by molar-refractivity contribution is 0.102. The first-order chi connectivity index (χ1) is 15.5. The first-order valence-corrected chi connectivity index (χ1v) is 10.9. The fourth-order valence-electron chi connectivity index (χ4n) is 4.13. The molecule has 2 heterocycles. The van der Waals surface area contributed by atoms with E-state index < -0.39 is 5.91 Å². The standard InChI is InChI=1S/C25H29N3O4/c1-17(2)16-28-21-10-5-4-9-20(21)23(31-3)22(25(28)30)24(29)26-18-7-6-8-19(15-18)27-11-13-32-14-12-27/h4-10,15,17H,11-14,16H2,1-3H3,(H,26,29). The Hall–Kier alpha value is -3.32. The first-order valence-electron chi connectivity index (χ1n) is 10.9. The molecule has 1 N–H and O–H groups in total. The van der Waals surface area contributed by atoms with Crippen LogP contribution in [0.2, 0.25) is 0 Å². The number of aromatic nitrogens is 1. The number of nitrogens with one attached hydrogen (secondary N) is 1. The lowest BCUT2D eigenvalue weighted by atomic mass is 10.1. The van der Waals surface area contributed by atoms with Gasteiger partial charge >= 0.3 is 0 Å². The molecular formula is C25H29N3O4. The number of hydrogen-bond acceptors (Lipinski definition) is 5. The molecule has 0 atom stereocenters. The number of pyridine rings is 1. The van der Waals surface area contributed by atoms with E-state index in [2.05, 4.69) is 10.2 Å². The Kier molecular flexibility index (Phi) is 6.46. The van der Waals surface area contributed by atoms with Gasteiger partial charge in [-0.25, -0.2) is 0 Å². The number of nitrogens with zero attached hydrogens (tertiary/aromatic N) is 2. The van der Waals surface area contributed by atoms with Gasteiger partial charge in [0.2, 0.25) is 0 Å². The van der Waals surface area contributed by atoms with Crippen LogP contribution in [0.1, 0.15) is 24.2 Å². The molecule has 1 aromatic heterocycles. The third kappa shape index (κ3) is 4.34. The number of fused-ring (bicyclic) bond motifs is 1. The second kappa shape index (κ2) is 9.44. The van der Waals surface area contributed by atoms with E-state index >= 15 is 0 Å². The van der Waals surface area contributed by atoms with Crippen molar-refractivity contribution in [1.29, 1.82) is 0 Å². The molecule has 7 nitrogen and oxygen atoms in total. The molecule has 3 aromatic rings. The predicted octanol–water partition coefficient (Wildman–Crippen LogP) is 3.76. The Morgan fingerprint density at radius 1 is 1.12 bits per heavy atom. The van der Waals surface area contributed by atoms with Gasteiger partial charge in [0.05, 0.1) is 25.8 Å². The van der Waals surface area contributed by atoms with Crippen molar-refractivity contribution >= 4 is 28.2 Å². The Bertz CT molecular complexity index is 1180. The molecule has 0 bridgehead atoms. The van der Waals surface area contributed by atoms with Crippen LogP contribution in [-0.2, 0) is 11.3 Å². The van der Waals surface area contributed by atoms with Gasteiger partial charge in [-0.2, -0.15) is 0 Å². The van der Waals surface area contributed by atoms with Gasteiger partial charge < -0.3 is 24.3 Å². The number of amides is 1. The number of anilines is 2. The molecule has 0 saturated carbocycles. The van der Waals surface area contributed by atoms with E-state index in [-0.39, 0.29) is 17.0 Å². The minimum Gasteiger partial charge on any atom is -0.495 e. The van der Waals surface area contributed by atoms with E-state index in [0.717, 1.165) is 29.7 Å². The number of carbonyl (C=O) groups excluding carboxylic acids is 1. The Balaban J connectivity index is 1.74. The van der Waals surface area contributed by atoms with E-state index in [9.17, 15) is 9.59 Å². The van der Waals surface area contributed by atoms with Crippen LogP contribution in [-0.4, -0.2) is 43.9 Å². The number of benzene rings is 2. The van der Waals surface area contributed by atoms with Crippen LogP contribution in [0.15, 0.2) is 53.3 Å². The van der Waals surface area contributed by atoms with Crippen LogP contribution in [0.5, 0.6) is 5.75 Å². The zero-order chi connectivity index (χ0) is 22.7. The van der Waals surface area contributed by atoms with Crippen LogP contribution in [0.25, 0.3) is 10.9 Å². The number of ether oxygens (including phenoxy) is 2. The van der Waals surface area contributed by atoms with Crippen LogP contribution in [0.4, 0.5) is 11.4 Å². The molecule has 168 valence electrons. The van der Waals surface area contributed by atoms with Crippen LogP contribution in [0, 0.1) is 5.92 Å². The van der Waals surface area contributed by atoms with Gasteiger partial charge in [0.15, 0.2) is 0 Å². The summed E-state index contributed by atoms with van der Waals surface area (Å²) in [5.74, 6) is 0.0623. The average molecular weight is 436 g/mol. The molecule has 0 aliphatic carbocycles. The van der Waals surface area contributed by atoms with Crippen LogP contribution >= 0.6 is 0 Å². The molecule has 32 heavy (non-hydrogen) atoms. The molecule has 2 aromatic carbocycles. The van der Waals surface area contributed by atoms with Crippen LogP contribution in [0.3, 0.4) is 0 Å². The van der Waals surface area contributed by atoms with Gasteiger partial charge in [-0.1, -0.05) is 32.0 Å². The van der Waals surface area contributed by atoms with Gasteiger partial charge in [0.1, 0.15) is 11.3 Å². The second-order valence-corrected chi connectivity index (χ2v) is 8.34. The quantitative estimate of drug-likeness (QED) is 0.638. The minimum absolute atomic E-state index is 0.0172. The molecule has 1 fully saturated rings. The molecule has 1 aliphatic heterocycles. The molecule has 1 amide bonds. The SMILES string of the molecule is COc1c(C(=O)Nc2cccc(N3CCOCC3)c2)c(=O)n(CC(C)C)c2ccccc12. The minimum atomic E-state index is -0.478. The number of morpholine rings is 1. The van der Waals surface area contributed by atoms with Crippen molar-refractivity contribution in [2.75, 3.05) is 43.6 Å².